The third kappa shape index (κ3) is 6.75. The lowest BCUT2D eigenvalue weighted by molar-refractivity contribution is -0.140. The molecule has 0 spiro atoms. The largest absolute Gasteiger partial charge is 0.469 e. The number of anilines is 1. The van der Waals surface area contributed by atoms with Crippen molar-refractivity contribution in [1.29, 1.82) is 0 Å². The van der Waals surface area contributed by atoms with Crippen LogP contribution in [0.5, 0.6) is 0 Å². The maximum atomic E-state index is 12.0. The van der Waals surface area contributed by atoms with E-state index in [0.29, 0.717) is 17.7 Å². The number of amides is 2. The predicted octanol–water partition coefficient (Wildman–Crippen LogP) is 1.01. The van der Waals surface area contributed by atoms with Crippen molar-refractivity contribution in [2.24, 2.45) is 0 Å². The minimum atomic E-state index is -0.371. The summed E-state index contributed by atoms with van der Waals surface area (Å²) in [7, 11) is 1.31. The highest BCUT2D eigenvalue weighted by Gasteiger charge is 2.16. The summed E-state index contributed by atoms with van der Waals surface area (Å²) in [5.74, 6) is 1.34. The molecule has 136 valence electrons. The number of rotatable bonds is 7. The van der Waals surface area contributed by atoms with Gasteiger partial charge in [0, 0.05) is 48.3 Å². The summed E-state index contributed by atoms with van der Waals surface area (Å²) in [6, 6.07) is 6.86. The van der Waals surface area contributed by atoms with Crippen LogP contribution >= 0.6 is 11.8 Å². The zero-order valence-electron chi connectivity index (χ0n) is 14.2. The maximum absolute atomic E-state index is 12.0. The van der Waals surface area contributed by atoms with Crippen molar-refractivity contribution >= 4 is 35.2 Å². The lowest BCUT2D eigenvalue weighted by Gasteiger charge is -2.22. The zero-order valence-corrected chi connectivity index (χ0v) is 15.0. The highest BCUT2D eigenvalue weighted by atomic mass is 32.2. The SMILES string of the molecule is COC(=O)CCNC(=O)c1ccc(NC(=O)CC2CSCCN2)cc1. The number of carbonyl (C=O) groups is 3. The van der Waals surface area contributed by atoms with Crippen molar-refractivity contribution in [1.82, 2.24) is 10.6 Å². The Hall–Kier alpha value is -2.06. The van der Waals surface area contributed by atoms with E-state index in [-0.39, 0.29) is 36.8 Å². The molecule has 1 aliphatic rings. The molecule has 0 saturated carbocycles. The second-order valence-electron chi connectivity index (χ2n) is 5.64. The number of hydrogen-bond acceptors (Lipinski definition) is 6. The molecule has 25 heavy (non-hydrogen) atoms. The average Bonchev–Trinajstić information content (AvgIpc) is 2.62. The Morgan fingerprint density at radius 3 is 2.68 bits per heavy atom. The van der Waals surface area contributed by atoms with Crippen LogP contribution in [0, 0.1) is 0 Å². The summed E-state index contributed by atoms with van der Waals surface area (Å²) < 4.78 is 4.51. The third-order valence-electron chi connectivity index (χ3n) is 3.70. The molecule has 1 aromatic rings. The molecule has 2 rings (SSSR count). The molecule has 1 fully saturated rings. The zero-order chi connectivity index (χ0) is 18.1. The number of benzene rings is 1. The Morgan fingerprint density at radius 1 is 1.28 bits per heavy atom. The fourth-order valence-corrected chi connectivity index (χ4v) is 3.32. The second kappa shape index (κ2) is 10.0. The van der Waals surface area contributed by atoms with Gasteiger partial charge in [-0.25, -0.2) is 0 Å². The third-order valence-corrected chi connectivity index (χ3v) is 4.83. The molecule has 7 nitrogen and oxygen atoms in total. The first-order chi connectivity index (χ1) is 12.1. The van der Waals surface area contributed by atoms with Crippen molar-refractivity contribution in [2.45, 2.75) is 18.9 Å². The molecule has 1 heterocycles. The van der Waals surface area contributed by atoms with Crippen LogP contribution < -0.4 is 16.0 Å². The van der Waals surface area contributed by atoms with Gasteiger partial charge in [-0.1, -0.05) is 0 Å². The van der Waals surface area contributed by atoms with E-state index >= 15 is 0 Å². The highest BCUT2D eigenvalue weighted by molar-refractivity contribution is 7.99. The fourth-order valence-electron chi connectivity index (χ4n) is 2.37. The Bertz CT molecular complexity index is 600. The van der Waals surface area contributed by atoms with Crippen molar-refractivity contribution in [3.8, 4) is 0 Å². The number of esters is 1. The molecule has 1 unspecified atom stereocenters. The Balaban J connectivity index is 1.77. The molecule has 3 N–H and O–H groups in total. The van der Waals surface area contributed by atoms with Gasteiger partial charge in [-0.05, 0) is 24.3 Å². The molecule has 8 heteroatoms. The molecule has 0 bridgehead atoms. The van der Waals surface area contributed by atoms with Gasteiger partial charge in [-0.2, -0.15) is 11.8 Å². The summed E-state index contributed by atoms with van der Waals surface area (Å²) >= 11 is 1.85. The first kappa shape index (κ1) is 19.3. The lowest BCUT2D eigenvalue weighted by Crippen LogP contribution is -2.39. The van der Waals surface area contributed by atoms with Gasteiger partial charge < -0.3 is 20.7 Å². The maximum Gasteiger partial charge on any atom is 0.307 e. The van der Waals surface area contributed by atoms with Gasteiger partial charge in [0.2, 0.25) is 5.91 Å². The van der Waals surface area contributed by atoms with Gasteiger partial charge in [0.05, 0.1) is 13.5 Å². The van der Waals surface area contributed by atoms with Gasteiger partial charge >= 0.3 is 5.97 Å². The molecule has 0 aliphatic carbocycles. The summed E-state index contributed by atoms with van der Waals surface area (Å²) in [6.45, 7) is 1.15. The average molecular weight is 365 g/mol. The van der Waals surface area contributed by atoms with Crippen LogP contribution in [0.2, 0.25) is 0 Å². The second-order valence-corrected chi connectivity index (χ2v) is 6.79. The van der Waals surface area contributed by atoms with Gasteiger partial charge in [0.25, 0.3) is 5.91 Å². The van der Waals surface area contributed by atoms with Crippen molar-refractivity contribution in [2.75, 3.05) is 37.0 Å². The number of hydrogen-bond donors (Lipinski definition) is 3. The quantitative estimate of drug-likeness (QED) is 0.624. The summed E-state index contributed by atoms with van der Waals surface area (Å²) in [4.78, 5) is 35.0. The Labute approximate surface area is 151 Å². The highest BCUT2D eigenvalue weighted by Crippen LogP contribution is 2.13. The van der Waals surface area contributed by atoms with E-state index in [4.69, 9.17) is 0 Å². The van der Waals surface area contributed by atoms with E-state index in [1.165, 1.54) is 7.11 Å². The van der Waals surface area contributed by atoms with Gasteiger partial charge in [0.15, 0.2) is 0 Å². The number of nitrogens with one attached hydrogen (secondary N) is 3. The molecule has 1 aliphatic heterocycles. The van der Waals surface area contributed by atoms with Crippen molar-refractivity contribution < 1.29 is 19.1 Å². The van der Waals surface area contributed by atoms with Crippen molar-refractivity contribution in [3.63, 3.8) is 0 Å². The minimum absolute atomic E-state index is 0.0460. The smallest absolute Gasteiger partial charge is 0.307 e. The number of carbonyl (C=O) groups excluding carboxylic acids is 3. The van der Waals surface area contributed by atoms with E-state index in [1.54, 1.807) is 24.3 Å². The molecule has 0 aromatic heterocycles. The molecule has 1 atom stereocenters. The van der Waals surface area contributed by atoms with Gasteiger partial charge in [-0.3, -0.25) is 14.4 Å². The number of thioether (sulfide) groups is 1. The molecule has 2 amide bonds. The van der Waals surface area contributed by atoms with E-state index in [0.717, 1.165) is 18.1 Å². The van der Waals surface area contributed by atoms with E-state index in [9.17, 15) is 14.4 Å². The number of methoxy groups -OCH3 is 1. The molecular formula is C17H23N3O4S. The van der Waals surface area contributed by atoms with Crippen LogP contribution in [0.25, 0.3) is 0 Å². The molecular weight excluding hydrogens is 342 g/mol. The van der Waals surface area contributed by atoms with Crippen LogP contribution in [-0.2, 0) is 14.3 Å². The molecule has 1 aromatic carbocycles. The van der Waals surface area contributed by atoms with Gasteiger partial charge in [-0.15, -0.1) is 0 Å². The fraction of sp³-hybridized carbons (Fsp3) is 0.471. The first-order valence-corrected chi connectivity index (χ1v) is 9.30. The normalized spacial score (nSPS) is 16.8. The molecule has 0 radical (unpaired) electrons. The van der Waals surface area contributed by atoms with E-state index in [2.05, 4.69) is 20.7 Å². The van der Waals surface area contributed by atoms with Crippen LogP contribution in [0.3, 0.4) is 0 Å². The Morgan fingerprint density at radius 2 is 2.04 bits per heavy atom. The standard InChI is InChI=1S/C17H23N3O4S/c1-24-16(22)6-7-19-17(23)12-2-4-13(5-3-12)20-15(21)10-14-11-25-9-8-18-14/h2-5,14,18H,6-11H2,1H3,(H,19,23)(H,20,21). The van der Waals surface area contributed by atoms with Crippen LogP contribution in [0.4, 0.5) is 5.69 Å². The van der Waals surface area contributed by atoms with E-state index in [1.807, 2.05) is 11.8 Å². The van der Waals surface area contributed by atoms with E-state index < -0.39 is 0 Å². The van der Waals surface area contributed by atoms with Crippen LogP contribution in [-0.4, -0.2) is 55.5 Å². The summed E-state index contributed by atoms with van der Waals surface area (Å²) in [5.41, 5.74) is 1.12. The van der Waals surface area contributed by atoms with Crippen LogP contribution in [0.15, 0.2) is 24.3 Å². The lowest BCUT2D eigenvalue weighted by atomic mass is 10.1. The first-order valence-electron chi connectivity index (χ1n) is 8.14. The summed E-state index contributed by atoms with van der Waals surface area (Å²) in [5, 5.41) is 8.80. The summed E-state index contributed by atoms with van der Waals surface area (Å²) in [6.07, 6.45) is 0.562. The van der Waals surface area contributed by atoms with Crippen molar-refractivity contribution in [3.05, 3.63) is 29.8 Å². The number of ether oxygens (including phenoxy) is 1. The topological polar surface area (TPSA) is 96.5 Å². The monoisotopic (exact) mass is 365 g/mol. The predicted molar refractivity (Wildman–Crippen MR) is 97.8 cm³/mol. The Kier molecular flexibility index (Phi) is 7.75. The van der Waals surface area contributed by atoms with Crippen LogP contribution in [0.1, 0.15) is 23.2 Å². The minimum Gasteiger partial charge on any atom is -0.469 e. The molecule has 1 saturated heterocycles. The van der Waals surface area contributed by atoms with Gasteiger partial charge in [0.1, 0.15) is 0 Å².